The van der Waals surface area contributed by atoms with Crippen molar-refractivity contribution >= 4 is 5.91 Å². The van der Waals surface area contributed by atoms with Crippen LogP contribution in [-0.4, -0.2) is 24.4 Å². The van der Waals surface area contributed by atoms with E-state index in [4.69, 9.17) is 0 Å². The van der Waals surface area contributed by atoms with Gasteiger partial charge in [0.25, 0.3) is 0 Å². The quantitative estimate of drug-likeness (QED) is 0.524. The van der Waals surface area contributed by atoms with Gasteiger partial charge < -0.3 is 4.90 Å². The minimum Gasteiger partial charge on any atom is -0.346 e. The van der Waals surface area contributed by atoms with Gasteiger partial charge >= 0.3 is 0 Å². The van der Waals surface area contributed by atoms with Crippen molar-refractivity contribution in [3.05, 3.63) is 0 Å². The molecule has 0 unspecified atom stereocenters. The molecule has 0 aliphatic heterocycles. The summed E-state index contributed by atoms with van der Waals surface area (Å²) < 4.78 is 0. The van der Waals surface area contributed by atoms with E-state index in [1.165, 1.54) is 44.9 Å². The van der Waals surface area contributed by atoms with Crippen LogP contribution in [0.15, 0.2) is 0 Å². The van der Waals surface area contributed by atoms with Gasteiger partial charge in [0.2, 0.25) is 5.91 Å². The van der Waals surface area contributed by atoms with Crippen molar-refractivity contribution in [3.8, 4) is 0 Å². The first kappa shape index (κ1) is 16.5. The Bertz CT molecular complexity index is 189. The van der Waals surface area contributed by atoms with Gasteiger partial charge in [0.15, 0.2) is 0 Å². The van der Waals surface area contributed by atoms with E-state index >= 15 is 0 Å². The Balaban J connectivity index is 3.30. The van der Waals surface area contributed by atoms with Gasteiger partial charge in [-0.15, -0.1) is 0 Å². The molecule has 1 amide bonds. The molecule has 0 aromatic heterocycles. The van der Waals surface area contributed by atoms with Crippen LogP contribution in [0.25, 0.3) is 0 Å². The Labute approximate surface area is 108 Å². The molecule has 2 heteroatoms. The molecule has 0 N–H and O–H groups in total. The second kappa shape index (κ2) is 10.6. The molecule has 0 aromatic carbocycles. The lowest BCUT2D eigenvalue weighted by atomic mass is 10.1. The van der Waals surface area contributed by atoms with Crippen molar-refractivity contribution in [2.45, 2.75) is 72.1 Å². The largest absolute Gasteiger partial charge is 0.346 e. The van der Waals surface area contributed by atoms with E-state index in [1.807, 2.05) is 25.8 Å². The Hall–Kier alpha value is -0.530. The molecule has 0 bridgehead atoms. The SMILES string of the molecule is CCCCCCCCCCN(C)C(=O)C(C)C. The molecule has 0 radical (unpaired) electrons. The van der Waals surface area contributed by atoms with Gasteiger partial charge in [0.05, 0.1) is 0 Å². The molecule has 2 nitrogen and oxygen atoms in total. The van der Waals surface area contributed by atoms with Crippen molar-refractivity contribution in [2.75, 3.05) is 13.6 Å². The second-order valence-corrected chi connectivity index (χ2v) is 5.39. The first-order valence-corrected chi connectivity index (χ1v) is 7.34. The summed E-state index contributed by atoms with van der Waals surface area (Å²) >= 11 is 0. The zero-order valence-corrected chi connectivity index (χ0v) is 12.3. The zero-order chi connectivity index (χ0) is 13.1. The third-order valence-electron chi connectivity index (χ3n) is 3.22. The molecular weight excluding hydrogens is 210 g/mol. The van der Waals surface area contributed by atoms with Gasteiger partial charge in [-0.25, -0.2) is 0 Å². The lowest BCUT2D eigenvalue weighted by Crippen LogP contribution is -2.31. The van der Waals surface area contributed by atoms with Gasteiger partial charge in [-0.3, -0.25) is 4.79 Å². The molecule has 102 valence electrons. The van der Waals surface area contributed by atoms with Crippen LogP contribution in [0.5, 0.6) is 0 Å². The number of rotatable bonds is 10. The summed E-state index contributed by atoms with van der Waals surface area (Å²) in [7, 11) is 1.92. The van der Waals surface area contributed by atoms with Crippen molar-refractivity contribution < 1.29 is 4.79 Å². The summed E-state index contributed by atoms with van der Waals surface area (Å²) in [4.78, 5) is 13.5. The molecule has 17 heavy (non-hydrogen) atoms. The third-order valence-corrected chi connectivity index (χ3v) is 3.22. The van der Waals surface area contributed by atoms with Crippen LogP contribution in [0, 0.1) is 5.92 Å². The van der Waals surface area contributed by atoms with Crippen LogP contribution in [0.3, 0.4) is 0 Å². The van der Waals surface area contributed by atoms with Crippen LogP contribution in [-0.2, 0) is 4.79 Å². The van der Waals surface area contributed by atoms with Gasteiger partial charge in [-0.2, -0.15) is 0 Å². The van der Waals surface area contributed by atoms with Gasteiger partial charge in [-0.1, -0.05) is 65.7 Å². The smallest absolute Gasteiger partial charge is 0.224 e. The van der Waals surface area contributed by atoms with E-state index in [9.17, 15) is 4.79 Å². The minimum absolute atomic E-state index is 0.133. The fourth-order valence-corrected chi connectivity index (χ4v) is 2.03. The average molecular weight is 241 g/mol. The van der Waals surface area contributed by atoms with Gasteiger partial charge in [0.1, 0.15) is 0 Å². The highest BCUT2D eigenvalue weighted by Gasteiger charge is 2.11. The molecule has 0 aliphatic rings. The predicted molar refractivity (Wildman–Crippen MR) is 75.1 cm³/mol. The van der Waals surface area contributed by atoms with Crippen LogP contribution in [0.2, 0.25) is 0 Å². The molecule has 0 spiro atoms. The number of amides is 1. The fraction of sp³-hybridized carbons (Fsp3) is 0.933. The maximum Gasteiger partial charge on any atom is 0.224 e. The molecular formula is C15H31NO. The summed E-state index contributed by atoms with van der Waals surface area (Å²) in [6.07, 6.45) is 10.6. The molecule has 0 aliphatic carbocycles. The summed E-state index contributed by atoms with van der Waals surface area (Å²) in [5, 5.41) is 0. The Kier molecular flexibility index (Phi) is 10.3. The van der Waals surface area contributed by atoms with Crippen LogP contribution >= 0.6 is 0 Å². The average Bonchev–Trinajstić information content (AvgIpc) is 2.31. The van der Waals surface area contributed by atoms with Gasteiger partial charge in [0, 0.05) is 19.5 Å². The minimum atomic E-state index is 0.133. The fourth-order valence-electron chi connectivity index (χ4n) is 2.03. The topological polar surface area (TPSA) is 20.3 Å². The maximum absolute atomic E-state index is 11.6. The Morgan fingerprint density at radius 2 is 1.41 bits per heavy atom. The van der Waals surface area contributed by atoms with E-state index < -0.39 is 0 Å². The van der Waals surface area contributed by atoms with E-state index in [0.717, 1.165) is 13.0 Å². The highest BCUT2D eigenvalue weighted by molar-refractivity contribution is 5.77. The highest BCUT2D eigenvalue weighted by Crippen LogP contribution is 2.09. The van der Waals surface area contributed by atoms with E-state index in [-0.39, 0.29) is 11.8 Å². The first-order valence-electron chi connectivity index (χ1n) is 7.34. The number of unbranched alkanes of at least 4 members (excludes halogenated alkanes) is 7. The Morgan fingerprint density at radius 3 is 1.88 bits per heavy atom. The highest BCUT2D eigenvalue weighted by atomic mass is 16.2. The lowest BCUT2D eigenvalue weighted by molar-refractivity contribution is -0.133. The van der Waals surface area contributed by atoms with Crippen molar-refractivity contribution in [1.82, 2.24) is 4.90 Å². The molecule has 0 fully saturated rings. The van der Waals surface area contributed by atoms with Crippen LogP contribution in [0.4, 0.5) is 0 Å². The molecule has 0 aromatic rings. The summed E-state index contributed by atoms with van der Waals surface area (Å²) in [5.74, 6) is 0.405. The normalized spacial score (nSPS) is 10.9. The number of carbonyl (C=O) groups excluding carboxylic acids is 1. The molecule has 0 saturated carbocycles. The van der Waals surface area contributed by atoms with Crippen molar-refractivity contribution in [2.24, 2.45) is 5.92 Å². The van der Waals surface area contributed by atoms with Crippen molar-refractivity contribution in [1.29, 1.82) is 0 Å². The van der Waals surface area contributed by atoms with Crippen molar-refractivity contribution in [3.63, 3.8) is 0 Å². The lowest BCUT2D eigenvalue weighted by Gasteiger charge is -2.19. The monoisotopic (exact) mass is 241 g/mol. The summed E-state index contributed by atoms with van der Waals surface area (Å²) in [5.41, 5.74) is 0. The molecule has 0 atom stereocenters. The summed E-state index contributed by atoms with van der Waals surface area (Å²) in [6.45, 7) is 7.10. The Morgan fingerprint density at radius 1 is 0.941 bits per heavy atom. The molecule has 0 rings (SSSR count). The van der Waals surface area contributed by atoms with Crippen LogP contribution < -0.4 is 0 Å². The number of nitrogens with zero attached hydrogens (tertiary/aromatic N) is 1. The maximum atomic E-state index is 11.6. The zero-order valence-electron chi connectivity index (χ0n) is 12.3. The van der Waals surface area contributed by atoms with E-state index in [1.54, 1.807) is 0 Å². The van der Waals surface area contributed by atoms with E-state index in [2.05, 4.69) is 6.92 Å². The third kappa shape index (κ3) is 9.20. The number of carbonyl (C=O) groups is 1. The van der Waals surface area contributed by atoms with Gasteiger partial charge in [-0.05, 0) is 6.42 Å². The number of hydrogen-bond donors (Lipinski definition) is 0. The standard InChI is InChI=1S/C15H31NO/c1-5-6-7-8-9-10-11-12-13-16(4)15(17)14(2)3/h14H,5-13H2,1-4H3. The van der Waals surface area contributed by atoms with E-state index in [0.29, 0.717) is 0 Å². The first-order chi connectivity index (χ1) is 8.09. The number of hydrogen-bond acceptors (Lipinski definition) is 1. The molecule has 0 heterocycles. The summed E-state index contributed by atoms with van der Waals surface area (Å²) in [6, 6.07) is 0. The second-order valence-electron chi connectivity index (χ2n) is 5.39. The van der Waals surface area contributed by atoms with Crippen LogP contribution in [0.1, 0.15) is 72.1 Å². The predicted octanol–water partition coefficient (Wildman–Crippen LogP) is 4.24. The molecule has 0 saturated heterocycles.